The largest absolute Gasteiger partial charge is 0.481 e. The van der Waals surface area contributed by atoms with E-state index < -0.39 is 5.97 Å². The van der Waals surface area contributed by atoms with Gasteiger partial charge in [0.15, 0.2) is 0 Å². The van der Waals surface area contributed by atoms with Crippen molar-refractivity contribution in [2.45, 2.75) is 19.8 Å². The molecule has 1 rings (SSSR count). The van der Waals surface area contributed by atoms with Crippen molar-refractivity contribution in [2.24, 2.45) is 11.7 Å². The molecule has 0 saturated carbocycles. The lowest BCUT2D eigenvalue weighted by Gasteiger charge is -2.06. The molecule has 0 saturated heterocycles. The molecule has 1 atom stereocenters. The number of benzene rings is 1. The molecule has 0 bridgehead atoms. The van der Waals surface area contributed by atoms with E-state index in [-0.39, 0.29) is 5.92 Å². The Bertz CT molecular complexity index is 319. The van der Waals surface area contributed by atoms with Gasteiger partial charge in [0.1, 0.15) is 0 Å². The van der Waals surface area contributed by atoms with Gasteiger partial charge >= 0.3 is 5.97 Å². The predicted molar refractivity (Wildman–Crippen MR) is 59.7 cm³/mol. The van der Waals surface area contributed by atoms with Crippen LogP contribution in [0.4, 0.5) is 0 Å². The highest BCUT2D eigenvalue weighted by atomic mass is 16.4. The van der Waals surface area contributed by atoms with E-state index in [1.54, 1.807) is 6.92 Å². The summed E-state index contributed by atoms with van der Waals surface area (Å²) in [5.74, 6) is -1.08. The Hall–Kier alpha value is -1.35. The first-order chi connectivity index (χ1) is 7.13. The number of hydrogen-bond acceptors (Lipinski definition) is 2. The maximum atomic E-state index is 10.7. The van der Waals surface area contributed by atoms with Crippen LogP contribution in [0.1, 0.15) is 18.1 Å². The van der Waals surface area contributed by atoms with Crippen LogP contribution < -0.4 is 5.73 Å². The second-order valence-corrected chi connectivity index (χ2v) is 3.80. The molecule has 0 aliphatic carbocycles. The zero-order chi connectivity index (χ0) is 11.3. The summed E-state index contributed by atoms with van der Waals surface area (Å²) in [4.78, 5) is 10.7. The molecule has 0 aliphatic heterocycles. The topological polar surface area (TPSA) is 63.3 Å². The van der Waals surface area contributed by atoms with Crippen LogP contribution in [-0.4, -0.2) is 17.6 Å². The zero-order valence-electron chi connectivity index (χ0n) is 8.94. The molecule has 1 unspecified atom stereocenters. The number of carbonyl (C=O) groups is 1. The average Bonchev–Trinajstić information content (AvgIpc) is 2.21. The van der Waals surface area contributed by atoms with Crippen molar-refractivity contribution in [1.82, 2.24) is 0 Å². The van der Waals surface area contributed by atoms with Gasteiger partial charge in [-0.1, -0.05) is 31.2 Å². The van der Waals surface area contributed by atoms with E-state index >= 15 is 0 Å². The van der Waals surface area contributed by atoms with E-state index in [0.717, 1.165) is 12.0 Å². The van der Waals surface area contributed by atoms with E-state index in [9.17, 15) is 4.79 Å². The summed E-state index contributed by atoms with van der Waals surface area (Å²) in [6.45, 7) is 2.36. The molecule has 3 N–H and O–H groups in total. The molecular formula is C12H17NO2. The van der Waals surface area contributed by atoms with Gasteiger partial charge in [0, 0.05) is 0 Å². The van der Waals surface area contributed by atoms with Gasteiger partial charge in [-0.2, -0.15) is 0 Å². The van der Waals surface area contributed by atoms with Crippen LogP contribution in [0, 0.1) is 5.92 Å². The van der Waals surface area contributed by atoms with Gasteiger partial charge in [0.05, 0.1) is 5.92 Å². The molecule has 0 radical (unpaired) electrons. The van der Waals surface area contributed by atoms with Gasteiger partial charge in [0.2, 0.25) is 0 Å². The molecule has 1 aromatic carbocycles. The zero-order valence-corrected chi connectivity index (χ0v) is 8.94. The van der Waals surface area contributed by atoms with Crippen molar-refractivity contribution in [3.63, 3.8) is 0 Å². The van der Waals surface area contributed by atoms with E-state index in [1.807, 2.05) is 24.3 Å². The van der Waals surface area contributed by atoms with Gasteiger partial charge in [-0.25, -0.2) is 0 Å². The maximum absolute atomic E-state index is 10.7. The lowest BCUT2D eigenvalue weighted by atomic mass is 10.00. The Labute approximate surface area is 89.9 Å². The Morgan fingerprint density at radius 3 is 2.33 bits per heavy atom. The molecule has 0 heterocycles. The highest BCUT2D eigenvalue weighted by Crippen LogP contribution is 2.10. The van der Waals surface area contributed by atoms with Crippen molar-refractivity contribution >= 4 is 5.97 Å². The Balaban J connectivity index is 2.60. The molecule has 3 heteroatoms. The van der Waals surface area contributed by atoms with E-state index in [2.05, 4.69) is 0 Å². The first-order valence-electron chi connectivity index (χ1n) is 5.14. The molecule has 1 aromatic rings. The fraction of sp³-hybridized carbons (Fsp3) is 0.417. The number of aliphatic carboxylic acids is 1. The molecular weight excluding hydrogens is 190 g/mol. The summed E-state index contributed by atoms with van der Waals surface area (Å²) < 4.78 is 0. The fourth-order valence-electron chi connectivity index (χ4n) is 1.45. The predicted octanol–water partition coefficient (Wildman–Crippen LogP) is 1.45. The smallest absolute Gasteiger partial charge is 0.306 e. The lowest BCUT2D eigenvalue weighted by Crippen LogP contribution is -2.12. The van der Waals surface area contributed by atoms with Crippen LogP contribution >= 0.6 is 0 Å². The van der Waals surface area contributed by atoms with Crippen molar-refractivity contribution in [3.8, 4) is 0 Å². The highest BCUT2D eigenvalue weighted by molar-refractivity contribution is 5.69. The standard InChI is InChI=1S/C12H17NO2/c1-9(12(14)15)8-11-4-2-10(3-5-11)6-7-13/h2-5,9H,6-8,13H2,1H3,(H,14,15). The van der Waals surface area contributed by atoms with Crippen LogP contribution in [0.3, 0.4) is 0 Å². The van der Waals surface area contributed by atoms with E-state index in [0.29, 0.717) is 13.0 Å². The normalized spacial score (nSPS) is 12.4. The molecule has 0 aromatic heterocycles. The van der Waals surface area contributed by atoms with Crippen LogP contribution in [0.5, 0.6) is 0 Å². The molecule has 3 nitrogen and oxygen atoms in total. The molecule has 0 aliphatic rings. The van der Waals surface area contributed by atoms with Crippen molar-refractivity contribution in [1.29, 1.82) is 0 Å². The number of rotatable bonds is 5. The molecule has 0 fully saturated rings. The Morgan fingerprint density at radius 1 is 1.33 bits per heavy atom. The summed E-state index contributed by atoms with van der Waals surface area (Å²) in [7, 11) is 0. The quantitative estimate of drug-likeness (QED) is 0.768. The van der Waals surface area contributed by atoms with Crippen LogP contribution in [0.2, 0.25) is 0 Å². The monoisotopic (exact) mass is 207 g/mol. The van der Waals surface area contributed by atoms with Crippen molar-refractivity contribution in [3.05, 3.63) is 35.4 Å². The van der Waals surface area contributed by atoms with E-state index in [1.165, 1.54) is 5.56 Å². The van der Waals surface area contributed by atoms with Crippen molar-refractivity contribution in [2.75, 3.05) is 6.54 Å². The van der Waals surface area contributed by atoms with Gasteiger partial charge in [-0.15, -0.1) is 0 Å². The summed E-state index contributed by atoms with van der Waals surface area (Å²) in [6.07, 6.45) is 1.45. The minimum atomic E-state index is -0.749. The van der Waals surface area contributed by atoms with Gasteiger partial charge in [-0.3, -0.25) is 4.79 Å². The van der Waals surface area contributed by atoms with Gasteiger partial charge in [0.25, 0.3) is 0 Å². The molecule has 15 heavy (non-hydrogen) atoms. The second kappa shape index (κ2) is 5.51. The number of hydrogen-bond donors (Lipinski definition) is 2. The highest BCUT2D eigenvalue weighted by Gasteiger charge is 2.10. The van der Waals surface area contributed by atoms with E-state index in [4.69, 9.17) is 10.8 Å². The second-order valence-electron chi connectivity index (χ2n) is 3.80. The third-order valence-electron chi connectivity index (χ3n) is 2.42. The third-order valence-corrected chi connectivity index (χ3v) is 2.42. The Kier molecular flexibility index (Phi) is 4.31. The molecule has 0 spiro atoms. The summed E-state index contributed by atoms with van der Waals surface area (Å²) in [5, 5.41) is 8.77. The van der Waals surface area contributed by atoms with Crippen LogP contribution in [0.15, 0.2) is 24.3 Å². The van der Waals surface area contributed by atoms with Gasteiger partial charge in [-0.05, 0) is 30.5 Å². The number of carboxylic acid groups (broad SMARTS) is 1. The summed E-state index contributed by atoms with van der Waals surface area (Å²) in [5.41, 5.74) is 7.70. The van der Waals surface area contributed by atoms with Gasteiger partial charge < -0.3 is 10.8 Å². The van der Waals surface area contributed by atoms with Crippen LogP contribution in [0.25, 0.3) is 0 Å². The summed E-state index contributed by atoms with van der Waals surface area (Å²) in [6, 6.07) is 7.97. The first kappa shape index (κ1) is 11.7. The average molecular weight is 207 g/mol. The lowest BCUT2D eigenvalue weighted by molar-refractivity contribution is -0.141. The first-order valence-corrected chi connectivity index (χ1v) is 5.14. The van der Waals surface area contributed by atoms with Crippen molar-refractivity contribution < 1.29 is 9.90 Å². The number of carboxylic acids is 1. The fourth-order valence-corrected chi connectivity index (χ4v) is 1.45. The minimum absolute atomic E-state index is 0.328. The third kappa shape index (κ3) is 3.72. The number of nitrogens with two attached hydrogens (primary N) is 1. The maximum Gasteiger partial charge on any atom is 0.306 e. The molecule has 82 valence electrons. The Morgan fingerprint density at radius 2 is 1.87 bits per heavy atom. The SMILES string of the molecule is CC(Cc1ccc(CCN)cc1)C(=O)O. The van der Waals surface area contributed by atoms with Crippen LogP contribution in [-0.2, 0) is 17.6 Å². The molecule has 0 amide bonds. The minimum Gasteiger partial charge on any atom is -0.481 e. The summed E-state index contributed by atoms with van der Waals surface area (Å²) >= 11 is 0.